The number of aromatic hydroxyl groups is 1. The number of nitrogens with zero attached hydrogens (tertiary/aromatic N) is 2. The molecule has 0 saturated carbocycles. The Hall–Kier alpha value is -3.06. The molecular weight excluding hydrogens is 334 g/mol. The Balaban J connectivity index is 2.36. The number of ether oxygens (including phenoxy) is 1. The molecule has 0 aliphatic rings. The van der Waals surface area contributed by atoms with E-state index in [1.807, 2.05) is 23.6 Å². The zero-order valence-corrected chi connectivity index (χ0v) is 14.9. The van der Waals surface area contributed by atoms with Gasteiger partial charge >= 0.3 is 0 Å². The third-order valence-corrected chi connectivity index (χ3v) is 4.48. The quantitative estimate of drug-likeness (QED) is 0.520. The average Bonchev–Trinajstić information content (AvgIpc) is 2.93. The molecule has 0 saturated heterocycles. The molecule has 1 heterocycles. The summed E-state index contributed by atoms with van der Waals surface area (Å²) in [7, 11) is 1.59. The van der Waals surface area contributed by atoms with Crippen molar-refractivity contribution in [2.45, 2.75) is 20.4 Å². The fraction of sp³-hybridized carbons (Fsp3) is 0.263. The number of benzene rings is 2. The number of aromatic nitrogens is 1. The molecule has 0 aliphatic heterocycles. The number of nitrogens with one attached hydrogen (secondary N) is 1. The maximum atomic E-state index is 11.7. The van der Waals surface area contributed by atoms with Gasteiger partial charge in [0.25, 0.3) is 5.69 Å². The molecule has 0 fully saturated rings. The first-order valence-electron chi connectivity index (χ1n) is 8.35. The maximum absolute atomic E-state index is 11.7. The van der Waals surface area contributed by atoms with Crippen LogP contribution in [0.15, 0.2) is 36.4 Å². The molecule has 0 unspecified atom stereocenters. The SMILES string of the molecule is CCNCc1c(O)ccc2c([N+](=O)[O-])c(C)n(-c3ccc(OC)cc3)c12. The van der Waals surface area contributed by atoms with Crippen molar-refractivity contribution in [3.63, 3.8) is 0 Å². The van der Waals surface area contributed by atoms with Crippen LogP contribution in [0.4, 0.5) is 5.69 Å². The van der Waals surface area contributed by atoms with Gasteiger partial charge in [0.2, 0.25) is 0 Å². The summed E-state index contributed by atoms with van der Waals surface area (Å²) in [5.74, 6) is 0.814. The number of fused-ring (bicyclic) bond motifs is 1. The van der Waals surface area contributed by atoms with Crippen LogP contribution in [-0.4, -0.2) is 28.3 Å². The molecular formula is C19H21N3O4. The monoisotopic (exact) mass is 355 g/mol. The van der Waals surface area contributed by atoms with Crippen LogP contribution in [0, 0.1) is 17.0 Å². The Morgan fingerprint density at radius 3 is 2.50 bits per heavy atom. The van der Waals surface area contributed by atoms with Gasteiger partial charge < -0.3 is 19.7 Å². The van der Waals surface area contributed by atoms with Crippen molar-refractivity contribution in [2.75, 3.05) is 13.7 Å². The number of rotatable bonds is 6. The number of hydrogen-bond donors (Lipinski definition) is 2. The summed E-state index contributed by atoms with van der Waals surface area (Å²) in [6, 6.07) is 10.4. The summed E-state index contributed by atoms with van der Waals surface area (Å²) in [5.41, 5.74) is 2.61. The second-order valence-corrected chi connectivity index (χ2v) is 5.96. The first-order chi connectivity index (χ1) is 12.5. The fourth-order valence-electron chi connectivity index (χ4n) is 3.25. The summed E-state index contributed by atoms with van der Waals surface area (Å²) < 4.78 is 7.01. The highest BCUT2D eigenvalue weighted by Crippen LogP contribution is 2.39. The third-order valence-electron chi connectivity index (χ3n) is 4.48. The Labute approximate surface area is 151 Å². The van der Waals surface area contributed by atoms with E-state index in [0.29, 0.717) is 34.5 Å². The second kappa shape index (κ2) is 7.05. The van der Waals surface area contributed by atoms with E-state index >= 15 is 0 Å². The van der Waals surface area contributed by atoms with Crippen molar-refractivity contribution in [3.05, 3.63) is 57.8 Å². The molecule has 7 heteroatoms. The molecule has 0 bridgehead atoms. The van der Waals surface area contributed by atoms with E-state index in [0.717, 1.165) is 12.2 Å². The molecule has 1 aromatic heterocycles. The van der Waals surface area contributed by atoms with Gasteiger partial charge in [0.1, 0.15) is 11.5 Å². The normalized spacial score (nSPS) is 11.0. The van der Waals surface area contributed by atoms with E-state index in [4.69, 9.17) is 4.74 Å². The predicted octanol–water partition coefficient (Wildman–Crippen LogP) is 3.67. The highest BCUT2D eigenvalue weighted by molar-refractivity contribution is 5.96. The van der Waals surface area contributed by atoms with Crippen molar-refractivity contribution < 1.29 is 14.8 Å². The summed E-state index contributed by atoms with van der Waals surface area (Å²) in [5, 5.41) is 25.8. The smallest absolute Gasteiger partial charge is 0.298 e. The van der Waals surface area contributed by atoms with Gasteiger partial charge in [0.15, 0.2) is 0 Å². The van der Waals surface area contributed by atoms with Crippen molar-refractivity contribution in [3.8, 4) is 17.2 Å². The lowest BCUT2D eigenvalue weighted by atomic mass is 10.1. The number of methoxy groups -OCH3 is 1. The minimum atomic E-state index is -0.369. The van der Waals surface area contributed by atoms with Crippen LogP contribution in [0.25, 0.3) is 16.6 Å². The lowest BCUT2D eigenvalue weighted by Crippen LogP contribution is -2.13. The van der Waals surface area contributed by atoms with Gasteiger partial charge in [-0.25, -0.2) is 0 Å². The van der Waals surface area contributed by atoms with Gasteiger partial charge in [-0.2, -0.15) is 0 Å². The highest BCUT2D eigenvalue weighted by Gasteiger charge is 2.27. The molecule has 26 heavy (non-hydrogen) atoms. The summed E-state index contributed by atoms with van der Waals surface area (Å²) in [6.07, 6.45) is 0. The van der Waals surface area contributed by atoms with E-state index in [-0.39, 0.29) is 16.4 Å². The zero-order valence-electron chi connectivity index (χ0n) is 14.9. The van der Waals surface area contributed by atoms with E-state index in [2.05, 4.69) is 5.32 Å². The van der Waals surface area contributed by atoms with Gasteiger partial charge in [0, 0.05) is 17.8 Å². The Bertz CT molecular complexity index is 961. The largest absolute Gasteiger partial charge is 0.508 e. The maximum Gasteiger partial charge on any atom is 0.298 e. The highest BCUT2D eigenvalue weighted by atomic mass is 16.6. The number of phenols is 1. The summed E-state index contributed by atoms with van der Waals surface area (Å²) >= 11 is 0. The molecule has 3 aromatic rings. The molecule has 0 atom stereocenters. The third kappa shape index (κ3) is 2.86. The van der Waals surface area contributed by atoms with Crippen molar-refractivity contribution in [1.29, 1.82) is 0 Å². The number of nitro groups is 1. The van der Waals surface area contributed by atoms with Crippen molar-refractivity contribution in [1.82, 2.24) is 9.88 Å². The standard InChI is InChI=1S/C19H21N3O4/c1-4-20-11-16-17(23)10-9-15-18(22(24)25)12(2)21(19(15)16)13-5-7-14(26-3)8-6-13/h5-10,20,23H,4,11H2,1-3H3. The van der Waals surface area contributed by atoms with Gasteiger partial charge in [-0.1, -0.05) is 6.92 Å². The average molecular weight is 355 g/mol. The fourth-order valence-corrected chi connectivity index (χ4v) is 3.25. The molecule has 7 nitrogen and oxygen atoms in total. The molecule has 2 aromatic carbocycles. The first-order valence-corrected chi connectivity index (χ1v) is 8.35. The topological polar surface area (TPSA) is 89.6 Å². The Morgan fingerprint density at radius 2 is 1.92 bits per heavy atom. The first kappa shape index (κ1) is 17.8. The van der Waals surface area contributed by atoms with E-state index in [1.165, 1.54) is 6.07 Å². The zero-order chi connectivity index (χ0) is 18.8. The number of hydrogen-bond acceptors (Lipinski definition) is 5. The van der Waals surface area contributed by atoms with E-state index in [1.54, 1.807) is 32.2 Å². The van der Waals surface area contributed by atoms with Gasteiger partial charge in [0.05, 0.1) is 28.6 Å². The van der Waals surface area contributed by atoms with Crippen molar-refractivity contribution >= 4 is 16.6 Å². The Kier molecular flexibility index (Phi) is 4.81. The number of phenolic OH excluding ortho intramolecular Hbond substituents is 1. The molecule has 0 radical (unpaired) electrons. The van der Waals surface area contributed by atoms with E-state index in [9.17, 15) is 15.2 Å². The minimum absolute atomic E-state index is 0.0496. The van der Waals surface area contributed by atoms with Gasteiger partial charge in [-0.3, -0.25) is 10.1 Å². The molecule has 0 aliphatic carbocycles. The summed E-state index contributed by atoms with van der Waals surface area (Å²) in [4.78, 5) is 11.3. The minimum Gasteiger partial charge on any atom is -0.508 e. The van der Waals surface area contributed by atoms with Crippen LogP contribution in [0.5, 0.6) is 11.5 Å². The van der Waals surface area contributed by atoms with Crippen LogP contribution in [-0.2, 0) is 6.54 Å². The molecule has 3 rings (SSSR count). The molecule has 0 amide bonds. The predicted molar refractivity (Wildman–Crippen MR) is 100 cm³/mol. The van der Waals surface area contributed by atoms with Crippen LogP contribution >= 0.6 is 0 Å². The van der Waals surface area contributed by atoms with Crippen molar-refractivity contribution in [2.24, 2.45) is 0 Å². The lowest BCUT2D eigenvalue weighted by molar-refractivity contribution is -0.383. The van der Waals surface area contributed by atoms with E-state index < -0.39 is 0 Å². The van der Waals surface area contributed by atoms with Crippen LogP contribution in [0.1, 0.15) is 18.2 Å². The Morgan fingerprint density at radius 1 is 1.23 bits per heavy atom. The lowest BCUT2D eigenvalue weighted by Gasteiger charge is -2.13. The van der Waals surface area contributed by atoms with Crippen LogP contribution in [0.2, 0.25) is 0 Å². The van der Waals surface area contributed by atoms with Crippen LogP contribution < -0.4 is 10.1 Å². The van der Waals surface area contributed by atoms with Gasteiger partial charge in [-0.15, -0.1) is 0 Å². The molecule has 2 N–H and O–H groups in total. The summed E-state index contributed by atoms with van der Waals surface area (Å²) in [6.45, 7) is 4.82. The van der Waals surface area contributed by atoms with Gasteiger partial charge in [-0.05, 0) is 49.9 Å². The van der Waals surface area contributed by atoms with Crippen LogP contribution in [0.3, 0.4) is 0 Å². The second-order valence-electron chi connectivity index (χ2n) is 5.96. The molecule has 136 valence electrons. The molecule has 0 spiro atoms.